The van der Waals surface area contributed by atoms with Crippen LogP contribution in [0.15, 0.2) is 48.5 Å². The molecule has 1 unspecified atom stereocenters. The van der Waals surface area contributed by atoms with Crippen LogP contribution in [0.2, 0.25) is 0 Å². The van der Waals surface area contributed by atoms with Gasteiger partial charge in [0.25, 0.3) is 0 Å². The zero-order valence-electron chi connectivity index (χ0n) is 14.3. The summed E-state index contributed by atoms with van der Waals surface area (Å²) < 4.78 is 40.9. The highest BCUT2D eigenvalue weighted by atomic mass is 32.2. The van der Waals surface area contributed by atoms with E-state index >= 15 is 0 Å². The molecule has 0 saturated heterocycles. The molecule has 140 valence electrons. The monoisotopic (exact) mass is 380 g/mol. The summed E-state index contributed by atoms with van der Waals surface area (Å²) in [6.45, 7) is 0.202. The van der Waals surface area contributed by atoms with Gasteiger partial charge in [0.1, 0.15) is 28.0 Å². The normalized spacial score (nSPS) is 12.4. The van der Waals surface area contributed by atoms with Crippen molar-refractivity contribution in [2.75, 3.05) is 17.3 Å². The minimum Gasteiger partial charge on any atom is -0.489 e. The van der Waals surface area contributed by atoms with Crippen LogP contribution in [-0.4, -0.2) is 32.4 Å². The lowest BCUT2D eigenvalue weighted by Crippen LogP contribution is -2.37. The van der Waals surface area contributed by atoms with Gasteiger partial charge in [-0.2, -0.15) is 0 Å². The van der Waals surface area contributed by atoms with Crippen LogP contribution < -0.4 is 15.8 Å². The van der Waals surface area contributed by atoms with E-state index in [2.05, 4.69) is 5.32 Å². The Morgan fingerprint density at radius 2 is 1.96 bits per heavy atom. The van der Waals surface area contributed by atoms with E-state index in [9.17, 15) is 17.6 Å². The van der Waals surface area contributed by atoms with Crippen molar-refractivity contribution in [2.45, 2.75) is 19.1 Å². The number of carbonyl (C=O) groups is 1. The number of hydrogen-bond donors (Lipinski definition) is 2. The molecule has 2 aromatic rings. The average molecular weight is 380 g/mol. The van der Waals surface area contributed by atoms with E-state index in [1.54, 1.807) is 36.4 Å². The topological polar surface area (TPSA) is 98.5 Å². The van der Waals surface area contributed by atoms with Crippen molar-refractivity contribution in [2.24, 2.45) is 5.73 Å². The van der Waals surface area contributed by atoms with Crippen LogP contribution in [-0.2, 0) is 21.2 Å². The maximum Gasteiger partial charge on any atom is 0.241 e. The van der Waals surface area contributed by atoms with Gasteiger partial charge >= 0.3 is 0 Å². The van der Waals surface area contributed by atoms with Gasteiger partial charge in [0.15, 0.2) is 0 Å². The second-order valence-corrected chi connectivity index (χ2v) is 8.22. The molecule has 0 saturated carbocycles. The minimum atomic E-state index is -3.17. The average Bonchev–Trinajstić information content (AvgIpc) is 2.57. The number of benzene rings is 2. The van der Waals surface area contributed by atoms with Crippen molar-refractivity contribution >= 4 is 21.4 Å². The van der Waals surface area contributed by atoms with Crippen molar-refractivity contribution < 1.29 is 22.3 Å². The Bertz CT molecular complexity index is 871. The van der Waals surface area contributed by atoms with E-state index in [4.69, 9.17) is 10.5 Å². The predicted octanol–water partition coefficient (Wildman–Crippen LogP) is 2.11. The SMILES string of the molecule is CS(=O)(=O)CCC(N)C(=O)Nc1cccc(COc2cccc(F)c2)c1. The number of halogens is 1. The van der Waals surface area contributed by atoms with Gasteiger partial charge in [-0.1, -0.05) is 18.2 Å². The molecule has 26 heavy (non-hydrogen) atoms. The second kappa shape index (κ2) is 8.77. The summed E-state index contributed by atoms with van der Waals surface area (Å²) in [5.41, 5.74) is 7.02. The Balaban J connectivity index is 1.92. The number of anilines is 1. The van der Waals surface area contributed by atoms with Gasteiger partial charge in [0.05, 0.1) is 11.8 Å². The molecule has 6 nitrogen and oxygen atoms in total. The zero-order chi connectivity index (χ0) is 19.2. The van der Waals surface area contributed by atoms with Gasteiger partial charge in [0.2, 0.25) is 5.91 Å². The molecule has 2 aromatic carbocycles. The lowest BCUT2D eigenvalue weighted by molar-refractivity contribution is -0.117. The Morgan fingerprint density at radius 3 is 2.65 bits per heavy atom. The smallest absolute Gasteiger partial charge is 0.241 e. The number of nitrogens with one attached hydrogen (secondary N) is 1. The Kier molecular flexibility index (Phi) is 6.70. The molecule has 0 fully saturated rings. The summed E-state index contributed by atoms with van der Waals surface area (Å²) in [5.74, 6) is -0.589. The summed E-state index contributed by atoms with van der Waals surface area (Å²) in [6.07, 6.45) is 1.15. The number of sulfone groups is 1. The molecule has 0 aliphatic carbocycles. The van der Waals surface area contributed by atoms with Crippen LogP contribution in [0.25, 0.3) is 0 Å². The standard InChI is InChI=1S/C18H21FN2O4S/c1-26(23,24)9-8-17(20)18(22)21-15-6-2-4-13(10-15)12-25-16-7-3-5-14(19)11-16/h2-7,10-11,17H,8-9,12,20H2,1H3,(H,21,22). The van der Waals surface area contributed by atoms with Crippen LogP contribution in [0.1, 0.15) is 12.0 Å². The number of rotatable bonds is 8. The lowest BCUT2D eigenvalue weighted by Gasteiger charge is -2.13. The number of amides is 1. The van der Waals surface area contributed by atoms with Gasteiger partial charge < -0.3 is 15.8 Å². The molecule has 8 heteroatoms. The highest BCUT2D eigenvalue weighted by Gasteiger charge is 2.16. The molecule has 0 spiro atoms. The fourth-order valence-corrected chi connectivity index (χ4v) is 2.85. The van der Waals surface area contributed by atoms with Crippen molar-refractivity contribution in [3.05, 3.63) is 59.9 Å². The van der Waals surface area contributed by atoms with E-state index < -0.39 is 21.8 Å². The fraction of sp³-hybridized carbons (Fsp3) is 0.278. The first kappa shape index (κ1) is 19.9. The van der Waals surface area contributed by atoms with Gasteiger partial charge in [-0.25, -0.2) is 12.8 Å². The quantitative estimate of drug-likeness (QED) is 0.731. The molecule has 2 rings (SSSR count). The van der Waals surface area contributed by atoms with Gasteiger partial charge in [-0.3, -0.25) is 4.79 Å². The first-order valence-electron chi connectivity index (χ1n) is 7.94. The lowest BCUT2D eigenvalue weighted by atomic mass is 10.2. The summed E-state index contributed by atoms with van der Waals surface area (Å²) in [7, 11) is -3.17. The molecular formula is C18H21FN2O4S. The zero-order valence-corrected chi connectivity index (χ0v) is 15.1. The molecule has 0 aromatic heterocycles. The highest BCUT2D eigenvalue weighted by molar-refractivity contribution is 7.90. The van der Waals surface area contributed by atoms with E-state index in [1.165, 1.54) is 12.1 Å². The summed E-state index contributed by atoms with van der Waals surface area (Å²) in [5, 5.41) is 2.65. The predicted molar refractivity (Wildman–Crippen MR) is 98.1 cm³/mol. The van der Waals surface area contributed by atoms with Crippen LogP contribution in [0, 0.1) is 5.82 Å². The molecule has 0 aliphatic heterocycles. The van der Waals surface area contributed by atoms with Crippen molar-refractivity contribution in [1.82, 2.24) is 0 Å². The van der Waals surface area contributed by atoms with Crippen LogP contribution in [0.3, 0.4) is 0 Å². The van der Waals surface area contributed by atoms with Gasteiger partial charge in [-0.05, 0) is 36.2 Å². The molecule has 1 amide bonds. The molecule has 0 radical (unpaired) electrons. The molecule has 0 bridgehead atoms. The van der Waals surface area contributed by atoms with Crippen molar-refractivity contribution in [3.63, 3.8) is 0 Å². The number of carbonyl (C=O) groups excluding carboxylic acids is 1. The summed E-state index contributed by atoms with van der Waals surface area (Å²) in [4.78, 5) is 12.1. The third kappa shape index (κ3) is 6.81. The van der Waals surface area contributed by atoms with E-state index in [0.29, 0.717) is 11.4 Å². The Hall–Kier alpha value is -2.45. The largest absolute Gasteiger partial charge is 0.489 e. The van der Waals surface area contributed by atoms with Crippen LogP contribution in [0.5, 0.6) is 5.75 Å². The highest BCUT2D eigenvalue weighted by Crippen LogP contribution is 2.16. The number of hydrogen-bond acceptors (Lipinski definition) is 5. The fourth-order valence-electron chi connectivity index (χ4n) is 2.17. The van der Waals surface area contributed by atoms with Crippen LogP contribution >= 0.6 is 0 Å². The number of ether oxygens (including phenoxy) is 1. The van der Waals surface area contributed by atoms with Crippen molar-refractivity contribution in [1.29, 1.82) is 0 Å². The Labute approximate surface area is 152 Å². The summed E-state index contributed by atoms with van der Waals surface area (Å²) >= 11 is 0. The van der Waals surface area contributed by atoms with Gasteiger partial charge in [0, 0.05) is 18.0 Å². The molecule has 3 N–H and O–H groups in total. The van der Waals surface area contributed by atoms with E-state index in [0.717, 1.165) is 11.8 Å². The van der Waals surface area contributed by atoms with Crippen molar-refractivity contribution in [3.8, 4) is 5.75 Å². The first-order chi connectivity index (χ1) is 12.2. The maximum atomic E-state index is 13.1. The third-order valence-corrected chi connectivity index (χ3v) is 4.51. The minimum absolute atomic E-state index is 0.0487. The maximum absolute atomic E-state index is 13.1. The third-order valence-electron chi connectivity index (χ3n) is 3.53. The molecule has 1 atom stereocenters. The first-order valence-corrected chi connectivity index (χ1v) is 10.0. The molecule has 0 aliphatic rings. The van der Waals surface area contributed by atoms with E-state index in [1.807, 2.05) is 0 Å². The Morgan fingerprint density at radius 1 is 1.23 bits per heavy atom. The summed E-state index contributed by atoms with van der Waals surface area (Å²) in [6, 6.07) is 11.8. The molecule has 0 heterocycles. The molecular weight excluding hydrogens is 359 g/mol. The number of nitrogens with two attached hydrogens (primary N) is 1. The van der Waals surface area contributed by atoms with Crippen LogP contribution in [0.4, 0.5) is 10.1 Å². The second-order valence-electron chi connectivity index (χ2n) is 5.96. The van der Waals surface area contributed by atoms with Gasteiger partial charge in [-0.15, -0.1) is 0 Å². The van der Waals surface area contributed by atoms with E-state index in [-0.39, 0.29) is 24.6 Å².